The second-order valence-electron chi connectivity index (χ2n) is 6.26. The van der Waals surface area contributed by atoms with E-state index in [1.807, 2.05) is 42.7 Å². The summed E-state index contributed by atoms with van der Waals surface area (Å²) in [5, 5.41) is 11.7. The molecule has 0 saturated carbocycles. The zero-order valence-electron chi connectivity index (χ0n) is 15.4. The first-order valence-electron chi connectivity index (χ1n) is 8.54. The van der Waals surface area contributed by atoms with Gasteiger partial charge in [0.2, 0.25) is 11.5 Å². The van der Waals surface area contributed by atoms with E-state index in [0.717, 1.165) is 17.0 Å². The lowest BCUT2D eigenvalue weighted by Gasteiger charge is -2.11. The third kappa shape index (κ3) is 4.04. The molecule has 0 radical (unpaired) electrons. The molecule has 2 heterocycles. The summed E-state index contributed by atoms with van der Waals surface area (Å²) in [5.41, 5.74) is 3.16. The van der Waals surface area contributed by atoms with Crippen molar-refractivity contribution in [3.05, 3.63) is 86.3 Å². The van der Waals surface area contributed by atoms with Crippen LogP contribution in [0.1, 0.15) is 27.3 Å². The number of aryl methyl sites for hydroxylation is 1. The average molecular weight is 400 g/mol. The molecule has 1 aromatic carbocycles. The van der Waals surface area contributed by atoms with Gasteiger partial charge in [0, 0.05) is 28.5 Å². The topological polar surface area (TPSA) is 87.3 Å². The van der Waals surface area contributed by atoms with E-state index in [9.17, 15) is 14.9 Å². The maximum absolute atomic E-state index is 12.7. The average Bonchev–Trinajstić information content (AvgIpc) is 2.96. The first-order valence-corrected chi connectivity index (χ1v) is 8.92. The number of rotatable bonds is 7. The van der Waals surface area contributed by atoms with Gasteiger partial charge in [-0.2, -0.15) is 0 Å². The Morgan fingerprint density at radius 3 is 2.71 bits per heavy atom. The fourth-order valence-corrected chi connectivity index (χ4v) is 3.17. The molecule has 0 N–H and O–H groups in total. The van der Waals surface area contributed by atoms with Gasteiger partial charge in [-0.05, 0) is 53.6 Å². The Hall–Kier alpha value is -3.19. The first-order chi connectivity index (χ1) is 13.4. The molecule has 144 valence electrons. The Labute approximate surface area is 166 Å². The highest BCUT2D eigenvalue weighted by atomic mass is 35.5. The van der Waals surface area contributed by atoms with Gasteiger partial charge in [0.1, 0.15) is 6.20 Å². The number of hydrogen-bond acceptors (Lipinski definition) is 5. The predicted octanol–water partition coefficient (Wildman–Crippen LogP) is 4.37. The van der Waals surface area contributed by atoms with Crippen LogP contribution in [0, 0.1) is 24.0 Å². The predicted molar refractivity (Wildman–Crippen MR) is 105 cm³/mol. The van der Waals surface area contributed by atoms with Crippen molar-refractivity contribution in [3.63, 3.8) is 0 Å². The summed E-state index contributed by atoms with van der Waals surface area (Å²) in [6, 6.07) is 12.3. The fraction of sp³-hybridized carbons (Fsp3) is 0.200. The van der Waals surface area contributed by atoms with Crippen molar-refractivity contribution in [2.75, 3.05) is 6.61 Å². The summed E-state index contributed by atoms with van der Waals surface area (Å²) in [6.07, 6.45) is 1.30. The minimum absolute atomic E-state index is 0.0364. The van der Waals surface area contributed by atoms with E-state index in [1.54, 1.807) is 6.07 Å². The molecule has 0 fully saturated rings. The first kappa shape index (κ1) is 19.6. The number of Topliss-reactive ketones (excluding diaryl/α,β-unsaturated/α-hetero) is 1. The SMILES string of the molecule is Cc1cc(C(=O)COc2cccnc2[N+](=O)[O-])c(C)n1Cc1ccccc1Cl. The van der Waals surface area contributed by atoms with E-state index in [-0.39, 0.29) is 18.1 Å². The van der Waals surface area contributed by atoms with Crippen molar-refractivity contribution in [2.45, 2.75) is 20.4 Å². The normalized spacial score (nSPS) is 10.7. The van der Waals surface area contributed by atoms with Crippen molar-refractivity contribution < 1.29 is 14.5 Å². The Balaban J connectivity index is 1.78. The van der Waals surface area contributed by atoms with Crippen LogP contribution in [0.15, 0.2) is 48.7 Å². The van der Waals surface area contributed by atoms with E-state index in [0.29, 0.717) is 17.1 Å². The third-order valence-corrected chi connectivity index (χ3v) is 4.81. The zero-order valence-corrected chi connectivity index (χ0v) is 16.1. The van der Waals surface area contributed by atoms with Gasteiger partial charge in [-0.1, -0.05) is 29.8 Å². The van der Waals surface area contributed by atoms with E-state index >= 15 is 0 Å². The van der Waals surface area contributed by atoms with Crippen LogP contribution >= 0.6 is 11.6 Å². The monoisotopic (exact) mass is 399 g/mol. The van der Waals surface area contributed by atoms with Crippen molar-refractivity contribution in [1.82, 2.24) is 9.55 Å². The fourth-order valence-electron chi connectivity index (χ4n) is 2.98. The molecular weight excluding hydrogens is 382 g/mol. The van der Waals surface area contributed by atoms with Crippen LogP contribution in [0.4, 0.5) is 5.82 Å². The summed E-state index contributed by atoms with van der Waals surface area (Å²) < 4.78 is 7.37. The molecule has 0 aliphatic carbocycles. The van der Waals surface area contributed by atoms with Gasteiger partial charge >= 0.3 is 5.82 Å². The molecule has 0 spiro atoms. The van der Waals surface area contributed by atoms with Gasteiger partial charge in [-0.15, -0.1) is 0 Å². The second kappa shape index (κ2) is 8.22. The maximum atomic E-state index is 12.7. The maximum Gasteiger partial charge on any atom is 0.406 e. The lowest BCUT2D eigenvalue weighted by molar-refractivity contribution is -0.390. The number of nitro groups is 1. The highest BCUT2D eigenvalue weighted by Gasteiger charge is 2.20. The number of pyridine rings is 1. The van der Waals surface area contributed by atoms with Crippen molar-refractivity contribution in [2.24, 2.45) is 0 Å². The number of aromatic nitrogens is 2. The Morgan fingerprint density at radius 1 is 1.25 bits per heavy atom. The Morgan fingerprint density at radius 2 is 2.00 bits per heavy atom. The van der Waals surface area contributed by atoms with Gasteiger partial charge in [0.05, 0.1) is 0 Å². The van der Waals surface area contributed by atoms with Gasteiger partial charge in [0.15, 0.2) is 6.61 Å². The van der Waals surface area contributed by atoms with Crippen LogP contribution in [0.25, 0.3) is 0 Å². The molecular formula is C20H18ClN3O4. The molecule has 0 amide bonds. The van der Waals surface area contributed by atoms with Crippen LogP contribution in [0.2, 0.25) is 5.02 Å². The number of carbonyl (C=O) groups is 1. The number of nitrogens with zero attached hydrogens (tertiary/aromatic N) is 3. The minimum atomic E-state index is -0.644. The molecule has 0 atom stereocenters. The molecule has 3 rings (SSSR count). The lowest BCUT2D eigenvalue weighted by atomic mass is 10.1. The molecule has 0 saturated heterocycles. The van der Waals surface area contributed by atoms with Crippen LogP contribution in [0.5, 0.6) is 5.75 Å². The van der Waals surface area contributed by atoms with E-state index in [1.165, 1.54) is 18.3 Å². The molecule has 3 aromatic rings. The van der Waals surface area contributed by atoms with Gasteiger partial charge < -0.3 is 19.4 Å². The highest BCUT2D eigenvalue weighted by Crippen LogP contribution is 2.24. The number of halogens is 1. The molecule has 0 bridgehead atoms. The molecule has 7 nitrogen and oxygen atoms in total. The van der Waals surface area contributed by atoms with Gasteiger partial charge in [-0.25, -0.2) is 0 Å². The largest absolute Gasteiger partial charge is 0.477 e. The summed E-state index contributed by atoms with van der Waals surface area (Å²) >= 11 is 6.24. The van der Waals surface area contributed by atoms with Crippen LogP contribution < -0.4 is 4.74 Å². The van der Waals surface area contributed by atoms with Crippen molar-refractivity contribution in [1.29, 1.82) is 0 Å². The van der Waals surface area contributed by atoms with Gasteiger partial charge in [0.25, 0.3) is 0 Å². The molecule has 8 heteroatoms. The van der Waals surface area contributed by atoms with Crippen LogP contribution in [-0.4, -0.2) is 26.9 Å². The summed E-state index contributed by atoms with van der Waals surface area (Å²) in [4.78, 5) is 26.7. The quantitative estimate of drug-likeness (QED) is 0.334. The van der Waals surface area contributed by atoms with Crippen LogP contribution in [0.3, 0.4) is 0 Å². The third-order valence-electron chi connectivity index (χ3n) is 4.44. The summed E-state index contributed by atoms with van der Waals surface area (Å²) in [6.45, 7) is 3.99. The molecule has 0 aliphatic heterocycles. The summed E-state index contributed by atoms with van der Waals surface area (Å²) in [5.74, 6) is -0.720. The number of ketones is 1. The standard InChI is InChI=1S/C20H18ClN3O4/c1-13-10-16(14(2)23(13)11-15-6-3-4-7-17(15)21)18(25)12-28-19-8-5-9-22-20(19)24(26)27/h3-10H,11-12H2,1-2H3. The second-order valence-corrected chi connectivity index (χ2v) is 6.66. The molecule has 0 aliphatic rings. The van der Waals surface area contributed by atoms with Crippen molar-refractivity contribution in [3.8, 4) is 5.75 Å². The smallest absolute Gasteiger partial charge is 0.406 e. The molecule has 2 aromatic heterocycles. The number of benzene rings is 1. The van der Waals surface area contributed by atoms with Crippen LogP contribution in [-0.2, 0) is 6.54 Å². The highest BCUT2D eigenvalue weighted by molar-refractivity contribution is 6.31. The number of ether oxygens (including phenoxy) is 1. The lowest BCUT2D eigenvalue weighted by Crippen LogP contribution is -2.14. The number of carbonyl (C=O) groups excluding carboxylic acids is 1. The van der Waals surface area contributed by atoms with E-state index < -0.39 is 10.7 Å². The molecule has 28 heavy (non-hydrogen) atoms. The van der Waals surface area contributed by atoms with E-state index in [4.69, 9.17) is 16.3 Å². The van der Waals surface area contributed by atoms with E-state index in [2.05, 4.69) is 4.98 Å². The Bertz CT molecular complexity index is 1050. The summed E-state index contributed by atoms with van der Waals surface area (Å²) in [7, 11) is 0. The van der Waals surface area contributed by atoms with Gasteiger partial charge in [-0.3, -0.25) is 4.79 Å². The minimum Gasteiger partial charge on any atom is -0.477 e. The Kier molecular flexibility index (Phi) is 5.75. The zero-order chi connectivity index (χ0) is 20.3. The number of hydrogen-bond donors (Lipinski definition) is 0. The van der Waals surface area contributed by atoms with Crippen molar-refractivity contribution >= 4 is 23.2 Å². The molecule has 0 unspecified atom stereocenters.